The highest BCUT2D eigenvalue weighted by Crippen LogP contribution is 2.27. The molecule has 0 bridgehead atoms. The van der Waals surface area contributed by atoms with E-state index in [-0.39, 0.29) is 35.1 Å². The summed E-state index contributed by atoms with van der Waals surface area (Å²) in [5, 5.41) is 20.5. The van der Waals surface area contributed by atoms with Gasteiger partial charge in [-0.05, 0) is 19.1 Å². The Labute approximate surface area is 125 Å². The molecule has 0 unspecified atom stereocenters. The quantitative estimate of drug-likeness (QED) is 0.685. The lowest BCUT2D eigenvalue weighted by atomic mass is 10.1. The SMILES string of the molecule is Cc1ccc2c(=O)n(CCN(C)C(=O)O)ccc2c1[N+](=O)[O-]. The van der Waals surface area contributed by atoms with E-state index in [1.165, 1.54) is 29.9 Å². The van der Waals surface area contributed by atoms with E-state index >= 15 is 0 Å². The summed E-state index contributed by atoms with van der Waals surface area (Å²) in [6.07, 6.45) is 0.368. The monoisotopic (exact) mass is 305 g/mol. The van der Waals surface area contributed by atoms with E-state index in [0.29, 0.717) is 5.56 Å². The van der Waals surface area contributed by atoms with Crippen molar-refractivity contribution in [2.24, 2.45) is 0 Å². The number of rotatable bonds is 4. The maximum absolute atomic E-state index is 12.4. The van der Waals surface area contributed by atoms with Crippen LogP contribution in [0.4, 0.5) is 10.5 Å². The number of carboxylic acid groups (broad SMARTS) is 1. The minimum absolute atomic E-state index is 0.0793. The van der Waals surface area contributed by atoms with E-state index in [2.05, 4.69) is 0 Å². The predicted molar refractivity (Wildman–Crippen MR) is 80.3 cm³/mol. The van der Waals surface area contributed by atoms with Crippen molar-refractivity contribution in [1.82, 2.24) is 9.47 Å². The summed E-state index contributed by atoms with van der Waals surface area (Å²) in [5.41, 5.74) is 0.0315. The second kappa shape index (κ2) is 5.84. The first-order chi connectivity index (χ1) is 10.3. The number of fused-ring (bicyclic) bond motifs is 1. The van der Waals surface area contributed by atoms with E-state index < -0.39 is 11.0 Å². The average molecular weight is 305 g/mol. The molecular formula is C14H15N3O5. The third-order valence-corrected chi connectivity index (χ3v) is 3.52. The fourth-order valence-electron chi connectivity index (χ4n) is 2.23. The fourth-order valence-corrected chi connectivity index (χ4v) is 2.23. The first-order valence-electron chi connectivity index (χ1n) is 6.54. The van der Waals surface area contributed by atoms with Gasteiger partial charge in [0.05, 0.1) is 15.7 Å². The van der Waals surface area contributed by atoms with Crippen LogP contribution in [0.3, 0.4) is 0 Å². The lowest BCUT2D eigenvalue weighted by molar-refractivity contribution is -0.383. The van der Waals surface area contributed by atoms with E-state index in [0.717, 1.165) is 4.90 Å². The molecular weight excluding hydrogens is 290 g/mol. The van der Waals surface area contributed by atoms with Crippen LogP contribution in [0.25, 0.3) is 10.8 Å². The Morgan fingerprint density at radius 3 is 2.64 bits per heavy atom. The zero-order chi connectivity index (χ0) is 16.4. The van der Waals surface area contributed by atoms with Crippen molar-refractivity contribution in [3.05, 3.63) is 50.4 Å². The van der Waals surface area contributed by atoms with Crippen LogP contribution < -0.4 is 5.56 Å². The third-order valence-electron chi connectivity index (χ3n) is 3.52. The number of hydrogen-bond donors (Lipinski definition) is 1. The van der Waals surface area contributed by atoms with Gasteiger partial charge in [0.25, 0.3) is 11.2 Å². The van der Waals surface area contributed by atoms with Gasteiger partial charge in [0.15, 0.2) is 0 Å². The molecule has 8 nitrogen and oxygen atoms in total. The molecule has 0 aliphatic rings. The topological polar surface area (TPSA) is 106 Å². The van der Waals surface area contributed by atoms with Gasteiger partial charge in [-0.25, -0.2) is 4.79 Å². The van der Waals surface area contributed by atoms with Gasteiger partial charge >= 0.3 is 6.09 Å². The van der Waals surface area contributed by atoms with Crippen LogP contribution in [0, 0.1) is 17.0 Å². The Hall–Kier alpha value is -2.90. The van der Waals surface area contributed by atoms with Crippen LogP contribution in [-0.2, 0) is 6.54 Å². The number of hydrogen-bond acceptors (Lipinski definition) is 4. The molecule has 22 heavy (non-hydrogen) atoms. The number of aromatic nitrogens is 1. The summed E-state index contributed by atoms with van der Waals surface area (Å²) in [4.78, 5) is 34.8. The molecule has 1 N–H and O–H groups in total. The fraction of sp³-hybridized carbons (Fsp3) is 0.286. The molecule has 0 aliphatic heterocycles. The number of likely N-dealkylation sites (N-methyl/N-ethyl adjacent to an activating group) is 1. The largest absolute Gasteiger partial charge is 0.465 e. The molecule has 2 rings (SSSR count). The number of amides is 1. The molecule has 0 fully saturated rings. The van der Waals surface area contributed by atoms with Gasteiger partial charge in [0.2, 0.25) is 0 Å². The highest BCUT2D eigenvalue weighted by Gasteiger charge is 2.17. The summed E-state index contributed by atoms with van der Waals surface area (Å²) in [5.74, 6) is 0. The number of carbonyl (C=O) groups is 1. The van der Waals surface area contributed by atoms with Crippen LogP contribution >= 0.6 is 0 Å². The van der Waals surface area contributed by atoms with Crippen molar-refractivity contribution in [2.75, 3.05) is 13.6 Å². The molecule has 0 aliphatic carbocycles. The Balaban J connectivity index is 2.48. The van der Waals surface area contributed by atoms with Gasteiger partial charge in [-0.3, -0.25) is 14.9 Å². The Morgan fingerprint density at radius 2 is 2.05 bits per heavy atom. The summed E-state index contributed by atoms with van der Waals surface area (Å²) < 4.78 is 1.35. The Bertz CT molecular complexity index is 812. The van der Waals surface area contributed by atoms with Gasteiger partial charge in [-0.2, -0.15) is 0 Å². The van der Waals surface area contributed by atoms with Gasteiger partial charge in [-0.1, -0.05) is 6.07 Å². The summed E-state index contributed by atoms with van der Waals surface area (Å²) in [6, 6.07) is 4.61. The predicted octanol–water partition coefficient (Wildman–Crippen LogP) is 1.83. The number of aryl methyl sites for hydroxylation is 1. The molecule has 0 radical (unpaired) electrons. The van der Waals surface area contributed by atoms with E-state index in [9.17, 15) is 19.7 Å². The molecule has 2 aromatic rings. The molecule has 0 saturated carbocycles. The number of nitrogens with zero attached hydrogens (tertiary/aromatic N) is 3. The van der Waals surface area contributed by atoms with Crippen molar-refractivity contribution in [3.63, 3.8) is 0 Å². The molecule has 0 spiro atoms. The number of nitro groups is 1. The van der Waals surface area contributed by atoms with Crippen LogP contribution in [0.5, 0.6) is 0 Å². The summed E-state index contributed by atoms with van der Waals surface area (Å²) >= 11 is 0. The lowest BCUT2D eigenvalue weighted by Crippen LogP contribution is -2.31. The van der Waals surface area contributed by atoms with E-state index in [1.807, 2.05) is 0 Å². The zero-order valence-electron chi connectivity index (χ0n) is 12.1. The molecule has 8 heteroatoms. The normalized spacial score (nSPS) is 10.6. The second-order valence-corrected chi connectivity index (χ2v) is 4.97. The minimum atomic E-state index is -1.08. The number of nitro benzene ring substituents is 1. The number of pyridine rings is 1. The molecule has 1 heterocycles. The lowest BCUT2D eigenvalue weighted by Gasteiger charge is -2.14. The Kier molecular flexibility index (Phi) is 4.11. The van der Waals surface area contributed by atoms with Crippen molar-refractivity contribution in [2.45, 2.75) is 13.5 Å². The minimum Gasteiger partial charge on any atom is -0.465 e. The van der Waals surface area contributed by atoms with Crippen molar-refractivity contribution in [1.29, 1.82) is 0 Å². The van der Waals surface area contributed by atoms with Crippen LogP contribution in [0.15, 0.2) is 29.2 Å². The smallest absolute Gasteiger partial charge is 0.407 e. The van der Waals surface area contributed by atoms with E-state index in [4.69, 9.17) is 5.11 Å². The zero-order valence-corrected chi connectivity index (χ0v) is 12.1. The maximum Gasteiger partial charge on any atom is 0.407 e. The van der Waals surface area contributed by atoms with Crippen LogP contribution in [0.1, 0.15) is 5.56 Å². The highest BCUT2D eigenvalue weighted by molar-refractivity contribution is 5.91. The highest BCUT2D eigenvalue weighted by atomic mass is 16.6. The molecule has 1 amide bonds. The first-order valence-corrected chi connectivity index (χ1v) is 6.54. The van der Waals surface area contributed by atoms with Crippen LogP contribution in [0.2, 0.25) is 0 Å². The van der Waals surface area contributed by atoms with Gasteiger partial charge in [0.1, 0.15) is 0 Å². The second-order valence-electron chi connectivity index (χ2n) is 4.97. The number of benzene rings is 1. The summed E-state index contributed by atoms with van der Waals surface area (Å²) in [6.45, 7) is 1.94. The Morgan fingerprint density at radius 1 is 1.36 bits per heavy atom. The van der Waals surface area contributed by atoms with Crippen molar-refractivity contribution < 1.29 is 14.8 Å². The van der Waals surface area contributed by atoms with Crippen LogP contribution in [-0.4, -0.2) is 39.2 Å². The van der Waals surface area contributed by atoms with Crippen molar-refractivity contribution in [3.8, 4) is 0 Å². The molecule has 0 atom stereocenters. The maximum atomic E-state index is 12.4. The van der Waals surface area contributed by atoms with Gasteiger partial charge < -0.3 is 14.6 Å². The van der Waals surface area contributed by atoms with Gasteiger partial charge in [0, 0.05) is 31.9 Å². The third kappa shape index (κ3) is 2.76. The summed E-state index contributed by atoms with van der Waals surface area (Å²) in [7, 11) is 1.41. The standard InChI is InChI=1S/C14H15N3O5/c1-9-3-4-11-10(12(9)17(21)22)5-6-16(13(11)18)8-7-15(2)14(19)20/h3-6H,7-8H2,1-2H3,(H,19,20). The average Bonchev–Trinajstić information content (AvgIpc) is 2.45. The van der Waals surface area contributed by atoms with E-state index in [1.54, 1.807) is 13.0 Å². The molecule has 1 aromatic heterocycles. The molecule has 116 valence electrons. The first kappa shape index (κ1) is 15.5. The molecule has 0 saturated heterocycles. The van der Waals surface area contributed by atoms with Crippen molar-refractivity contribution >= 4 is 22.6 Å². The van der Waals surface area contributed by atoms with Gasteiger partial charge in [-0.15, -0.1) is 0 Å². The molecule has 1 aromatic carbocycles.